The summed E-state index contributed by atoms with van der Waals surface area (Å²) in [5.74, 6) is -0.466. The first-order valence-corrected chi connectivity index (χ1v) is 17.8. The summed E-state index contributed by atoms with van der Waals surface area (Å²) in [6.07, 6.45) is 10.6. The van der Waals surface area contributed by atoms with E-state index in [0.717, 1.165) is 44.9 Å². The Morgan fingerprint density at radius 1 is 0.714 bits per heavy atom. The van der Waals surface area contributed by atoms with Crippen molar-refractivity contribution < 1.29 is 37.0 Å². The van der Waals surface area contributed by atoms with Crippen LogP contribution in [0.3, 0.4) is 0 Å². The molecule has 0 fully saturated rings. The lowest BCUT2D eigenvalue weighted by Gasteiger charge is -2.21. The average Bonchev–Trinajstić information content (AvgIpc) is 3.08. The van der Waals surface area contributed by atoms with Crippen LogP contribution in [0.4, 0.5) is 13.2 Å². The highest BCUT2D eigenvalue weighted by Crippen LogP contribution is 2.29. The molecule has 10 heteroatoms. The molecule has 1 atom stereocenters. The number of alkyl halides is 3. The molecule has 0 radical (unpaired) electrons. The van der Waals surface area contributed by atoms with E-state index in [4.69, 9.17) is 14.2 Å². The molecule has 0 saturated heterocycles. The van der Waals surface area contributed by atoms with Gasteiger partial charge in [0.05, 0.1) is 30.1 Å². The monoisotopic (exact) mass is 684 g/mol. The molecule has 0 saturated carbocycles. The van der Waals surface area contributed by atoms with Crippen molar-refractivity contribution in [2.75, 3.05) is 6.61 Å². The van der Waals surface area contributed by atoms with E-state index >= 15 is 0 Å². The topological polar surface area (TPSA) is 87.6 Å². The third-order valence-corrected chi connectivity index (χ3v) is 8.34. The molecule has 0 aliphatic rings. The SMILES string of the molecule is CCCCCCCCCC[C@H](OC(=O)c1ccc(OC(=O)c2ccc(-c3ncc(OCCCCCCCC)cn3)cc2)cc1C)C(F)(F)F. The smallest absolute Gasteiger partial charge is 0.425 e. The average molecular weight is 685 g/mol. The highest BCUT2D eigenvalue weighted by Gasteiger charge is 2.42. The van der Waals surface area contributed by atoms with Gasteiger partial charge < -0.3 is 14.2 Å². The predicted octanol–water partition coefficient (Wildman–Crippen LogP) is 11.0. The van der Waals surface area contributed by atoms with Crippen LogP contribution >= 0.6 is 0 Å². The van der Waals surface area contributed by atoms with Crippen LogP contribution in [0.2, 0.25) is 0 Å². The van der Waals surface area contributed by atoms with Gasteiger partial charge in [0.2, 0.25) is 0 Å². The molecule has 0 bridgehead atoms. The van der Waals surface area contributed by atoms with E-state index in [1.54, 1.807) is 43.6 Å². The van der Waals surface area contributed by atoms with Crippen LogP contribution < -0.4 is 9.47 Å². The second-order valence-corrected chi connectivity index (χ2v) is 12.5. The van der Waals surface area contributed by atoms with Gasteiger partial charge in [0.1, 0.15) is 5.75 Å². The van der Waals surface area contributed by atoms with E-state index in [0.29, 0.717) is 42.1 Å². The summed E-state index contributed by atoms with van der Waals surface area (Å²) in [6, 6.07) is 10.7. The van der Waals surface area contributed by atoms with Crippen LogP contribution in [0, 0.1) is 6.92 Å². The Bertz CT molecular complexity index is 1410. The first kappa shape index (κ1) is 39.5. The Kier molecular flexibility index (Phi) is 17.1. The van der Waals surface area contributed by atoms with Gasteiger partial charge in [0.25, 0.3) is 0 Å². The summed E-state index contributed by atoms with van der Waals surface area (Å²) >= 11 is 0. The fraction of sp³-hybridized carbons (Fsp3) is 0.538. The normalized spacial score (nSPS) is 12.0. The third-order valence-electron chi connectivity index (χ3n) is 8.34. The van der Waals surface area contributed by atoms with Crippen LogP contribution in [-0.2, 0) is 4.74 Å². The van der Waals surface area contributed by atoms with Crippen LogP contribution in [0.5, 0.6) is 11.5 Å². The maximum absolute atomic E-state index is 13.7. The second-order valence-electron chi connectivity index (χ2n) is 12.5. The molecule has 2 aromatic carbocycles. The van der Waals surface area contributed by atoms with E-state index in [2.05, 4.69) is 23.8 Å². The number of rotatable bonds is 22. The summed E-state index contributed by atoms with van der Waals surface area (Å²) in [7, 11) is 0. The van der Waals surface area contributed by atoms with Crippen molar-refractivity contribution in [3.63, 3.8) is 0 Å². The molecule has 268 valence electrons. The van der Waals surface area contributed by atoms with E-state index < -0.39 is 24.2 Å². The molecule has 1 aromatic heterocycles. The molecule has 3 aromatic rings. The molecule has 0 aliphatic heterocycles. The summed E-state index contributed by atoms with van der Waals surface area (Å²) in [4.78, 5) is 34.3. The molecule has 0 amide bonds. The predicted molar refractivity (Wildman–Crippen MR) is 185 cm³/mol. The quantitative estimate of drug-likeness (QED) is 0.0591. The number of hydrogen-bond donors (Lipinski definition) is 0. The highest BCUT2D eigenvalue weighted by molar-refractivity contribution is 5.93. The lowest BCUT2D eigenvalue weighted by Crippen LogP contribution is -2.34. The van der Waals surface area contributed by atoms with Crippen molar-refractivity contribution in [2.45, 2.75) is 129 Å². The van der Waals surface area contributed by atoms with Gasteiger partial charge >= 0.3 is 18.1 Å². The van der Waals surface area contributed by atoms with Crippen LogP contribution in [-0.4, -0.2) is 40.8 Å². The maximum Gasteiger partial charge on any atom is 0.425 e. The standard InChI is InChI=1S/C39H51F3N2O5/c1-4-6-8-10-12-13-14-16-18-35(39(40,41)42)49-38(46)34-24-23-32(26-29(34)3)48-37(45)31-21-19-30(20-22-31)36-43-27-33(28-44-36)47-25-17-15-11-9-7-5-2/h19-24,26-28,35H,4-18,25H2,1-3H3/t35-/m0/s1. The number of unbranched alkanes of at least 4 members (excludes halogenated alkanes) is 12. The van der Waals surface area contributed by atoms with Crippen molar-refractivity contribution in [2.24, 2.45) is 0 Å². The van der Waals surface area contributed by atoms with E-state index in [1.165, 1.54) is 50.3 Å². The molecule has 1 heterocycles. The Balaban J connectivity index is 1.49. The lowest BCUT2D eigenvalue weighted by atomic mass is 10.0. The van der Waals surface area contributed by atoms with Crippen LogP contribution in [0.15, 0.2) is 54.9 Å². The van der Waals surface area contributed by atoms with Crippen LogP contribution in [0.1, 0.15) is 136 Å². The molecule has 0 spiro atoms. The van der Waals surface area contributed by atoms with Crippen molar-refractivity contribution in [3.05, 3.63) is 71.5 Å². The second kappa shape index (κ2) is 21.2. The van der Waals surface area contributed by atoms with Gasteiger partial charge in [0.15, 0.2) is 17.7 Å². The van der Waals surface area contributed by atoms with Gasteiger partial charge in [-0.25, -0.2) is 19.6 Å². The van der Waals surface area contributed by atoms with Gasteiger partial charge in [0, 0.05) is 5.56 Å². The van der Waals surface area contributed by atoms with Crippen molar-refractivity contribution >= 4 is 11.9 Å². The fourth-order valence-electron chi connectivity index (χ4n) is 5.41. The third kappa shape index (κ3) is 14.2. The number of halogens is 3. The molecular weight excluding hydrogens is 633 g/mol. The van der Waals surface area contributed by atoms with Gasteiger partial charge in [-0.15, -0.1) is 0 Å². The van der Waals surface area contributed by atoms with Crippen molar-refractivity contribution in [1.29, 1.82) is 0 Å². The van der Waals surface area contributed by atoms with Gasteiger partial charge in [-0.05, 0) is 62.1 Å². The highest BCUT2D eigenvalue weighted by atomic mass is 19.4. The summed E-state index contributed by atoms with van der Waals surface area (Å²) in [5, 5.41) is 0. The van der Waals surface area contributed by atoms with Crippen molar-refractivity contribution in [3.8, 4) is 22.9 Å². The number of ether oxygens (including phenoxy) is 3. The summed E-state index contributed by atoms with van der Waals surface area (Å²) in [5.41, 5.74) is 1.29. The largest absolute Gasteiger partial charge is 0.490 e. The molecule has 0 aliphatic carbocycles. The lowest BCUT2D eigenvalue weighted by molar-refractivity contribution is -0.206. The zero-order chi connectivity index (χ0) is 35.5. The Morgan fingerprint density at radius 2 is 1.29 bits per heavy atom. The number of hydrogen-bond acceptors (Lipinski definition) is 7. The first-order valence-electron chi connectivity index (χ1n) is 17.8. The molecule has 0 unspecified atom stereocenters. The van der Waals surface area contributed by atoms with E-state index in [1.807, 2.05) is 0 Å². The molecular formula is C39H51F3N2O5. The minimum atomic E-state index is -4.66. The molecule has 7 nitrogen and oxygen atoms in total. The van der Waals surface area contributed by atoms with Crippen molar-refractivity contribution in [1.82, 2.24) is 9.97 Å². The first-order chi connectivity index (χ1) is 23.6. The summed E-state index contributed by atoms with van der Waals surface area (Å²) in [6.45, 7) is 6.50. The number of aromatic nitrogens is 2. The summed E-state index contributed by atoms with van der Waals surface area (Å²) < 4.78 is 57.1. The van der Waals surface area contributed by atoms with E-state index in [-0.39, 0.29) is 23.3 Å². The van der Waals surface area contributed by atoms with E-state index in [9.17, 15) is 22.8 Å². The van der Waals surface area contributed by atoms with Gasteiger partial charge in [-0.3, -0.25) is 0 Å². The Labute approximate surface area is 289 Å². The molecule has 3 rings (SSSR count). The number of aryl methyl sites for hydroxylation is 1. The Hall–Kier alpha value is -3.95. The maximum atomic E-state index is 13.7. The molecule has 0 N–H and O–H groups in total. The number of benzene rings is 2. The Morgan fingerprint density at radius 3 is 1.86 bits per heavy atom. The minimum absolute atomic E-state index is 0.0202. The fourth-order valence-corrected chi connectivity index (χ4v) is 5.41. The molecule has 49 heavy (non-hydrogen) atoms. The number of esters is 2. The number of nitrogens with zero attached hydrogens (tertiary/aromatic N) is 2. The number of carbonyl (C=O) groups is 2. The zero-order valence-corrected chi connectivity index (χ0v) is 29.2. The number of carbonyl (C=O) groups excluding carboxylic acids is 2. The van der Waals surface area contributed by atoms with Gasteiger partial charge in [-0.2, -0.15) is 13.2 Å². The zero-order valence-electron chi connectivity index (χ0n) is 29.2. The van der Waals surface area contributed by atoms with Gasteiger partial charge in [-0.1, -0.05) is 103 Å². The minimum Gasteiger partial charge on any atom is -0.490 e. The van der Waals surface area contributed by atoms with Crippen LogP contribution in [0.25, 0.3) is 11.4 Å².